The topological polar surface area (TPSA) is 54.9 Å². The molecule has 0 aromatic carbocycles. The predicted octanol–water partition coefficient (Wildman–Crippen LogP) is 1.75. The molecule has 0 radical (unpaired) electrons. The summed E-state index contributed by atoms with van der Waals surface area (Å²) in [5, 5.41) is 11.6. The molecule has 13 heavy (non-hydrogen) atoms. The van der Waals surface area contributed by atoms with Gasteiger partial charge in [-0.3, -0.25) is 4.79 Å². The van der Waals surface area contributed by atoms with E-state index in [1.165, 1.54) is 11.3 Å². The molecule has 0 unspecified atom stereocenters. The van der Waals surface area contributed by atoms with Gasteiger partial charge >= 0.3 is 0 Å². The van der Waals surface area contributed by atoms with E-state index in [4.69, 9.17) is 0 Å². The Kier molecular flexibility index (Phi) is 3.13. The molecule has 0 aliphatic heterocycles. The number of nitrogens with one attached hydrogen (secondary N) is 1. The third-order valence-corrected chi connectivity index (χ3v) is 1.99. The second kappa shape index (κ2) is 4.13. The van der Waals surface area contributed by atoms with Crippen LogP contribution in [0.5, 0.6) is 0 Å². The van der Waals surface area contributed by atoms with Crippen LogP contribution >= 0.6 is 11.3 Å². The molecule has 1 aromatic rings. The second-order valence-electron chi connectivity index (χ2n) is 2.81. The fourth-order valence-corrected chi connectivity index (χ4v) is 1.39. The molecule has 0 spiro atoms. The van der Waals surface area contributed by atoms with Gasteiger partial charge in [-0.05, 0) is 13.8 Å². The molecule has 1 amide bonds. The van der Waals surface area contributed by atoms with Crippen molar-refractivity contribution >= 4 is 22.4 Å². The monoisotopic (exact) mass is 197 g/mol. The number of carbonyl (C=O) groups excluding carboxylic acids is 1. The smallest absolute Gasteiger partial charge is 0.230 e. The molecular weight excluding hydrogens is 186 g/mol. The van der Waals surface area contributed by atoms with E-state index >= 15 is 0 Å². The number of rotatable bonds is 3. The Labute approximate surface area is 80.7 Å². The van der Waals surface area contributed by atoms with Gasteiger partial charge < -0.3 is 5.32 Å². The minimum absolute atomic E-state index is 0.0938. The normalized spacial score (nSPS) is 9.69. The van der Waals surface area contributed by atoms with Crippen LogP contribution in [0, 0.1) is 6.92 Å². The molecule has 0 saturated carbocycles. The second-order valence-corrected chi connectivity index (χ2v) is 3.99. The minimum Gasteiger partial charge on any atom is -0.300 e. The largest absolute Gasteiger partial charge is 0.300 e. The first kappa shape index (κ1) is 9.85. The number of hydrogen-bond acceptors (Lipinski definition) is 4. The number of anilines is 1. The summed E-state index contributed by atoms with van der Waals surface area (Å²) in [6.45, 7) is 7.30. The highest BCUT2D eigenvalue weighted by Gasteiger charge is 2.05. The maximum absolute atomic E-state index is 11.2. The zero-order valence-electron chi connectivity index (χ0n) is 7.63. The Hall–Kier alpha value is -1.23. The van der Waals surface area contributed by atoms with Gasteiger partial charge in [0.15, 0.2) is 0 Å². The summed E-state index contributed by atoms with van der Waals surface area (Å²) >= 11 is 1.36. The average molecular weight is 197 g/mol. The summed E-state index contributed by atoms with van der Waals surface area (Å²) in [4.78, 5) is 11.2. The molecule has 4 nitrogen and oxygen atoms in total. The molecule has 1 N–H and O–H groups in total. The van der Waals surface area contributed by atoms with Gasteiger partial charge in [0.05, 0.1) is 0 Å². The van der Waals surface area contributed by atoms with Crippen molar-refractivity contribution in [3.63, 3.8) is 0 Å². The van der Waals surface area contributed by atoms with Crippen molar-refractivity contribution in [2.75, 3.05) is 5.32 Å². The summed E-state index contributed by atoms with van der Waals surface area (Å²) in [5.41, 5.74) is 0.832. The van der Waals surface area contributed by atoms with E-state index in [1.807, 2.05) is 13.8 Å². The maximum Gasteiger partial charge on any atom is 0.230 e. The highest BCUT2D eigenvalue weighted by atomic mass is 32.1. The van der Waals surface area contributed by atoms with Crippen LogP contribution in [0.4, 0.5) is 5.13 Å². The average Bonchev–Trinajstić information content (AvgIpc) is 2.33. The number of amides is 1. The summed E-state index contributed by atoms with van der Waals surface area (Å²) in [7, 11) is 0. The Morgan fingerprint density at radius 2 is 2.31 bits per heavy atom. The van der Waals surface area contributed by atoms with Crippen molar-refractivity contribution < 1.29 is 4.79 Å². The zero-order valence-corrected chi connectivity index (χ0v) is 8.44. The van der Waals surface area contributed by atoms with Crippen LogP contribution in [0.1, 0.15) is 18.4 Å². The summed E-state index contributed by atoms with van der Waals surface area (Å²) < 4.78 is 0. The first-order valence-corrected chi connectivity index (χ1v) is 4.64. The Bertz CT molecular complexity index is 332. The van der Waals surface area contributed by atoms with Crippen LogP contribution < -0.4 is 5.32 Å². The van der Waals surface area contributed by atoms with Gasteiger partial charge in [0, 0.05) is 6.42 Å². The number of aromatic nitrogens is 2. The number of hydrogen-bond donors (Lipinski definition) is 1. The fourth-order valence-electron chi connectivity index (χ4n) is 0.785. The van der Waals surface area contributed by atoms with E-state index in [1.54, 1.807) is 0 Å². The van der Waals surface area contributed by atoms with Crippen molar-refractivity contribution in [3.8, 4) is 0 Å². The molecule has 0 aliphatic carbocycles. The van der Waals surface area contributed by atoms with Crippen molar-refractivity contribution in [2.45, 2.75) is 20.3 Å². The molecule has 0 atom stereocenters. The van der Waals surface area contributed by atoms with Crippen LogP contribution in [-0.4, -0.2) is 16.1 Å². The number of nitrogens with zero attached hydrogens (tertiary/aromatic N) is 2. The summed E-state index contributed by atoms with van der Waals surface area (Å²) in [6, 6.07) is 0. The Morgan fingerprint density at radius 3 is 2.77 bits per heavy atom. The first-order valence-electron chi connectivity index (χ1n) is 3.82. The quantitative estimate of drug-likeness (QED) is 0.751. The molecular formula is C8H11N3OS. The minimum atomic E-state index is -0.0938. The Balaban J connectivity index is 2.50. The SMILES string of the molecule is C=C(C)CC(=O)Nc1nnc(C)s1. The van der Waals surface area contributed by atoms with Gasteiger partial charge in [-0.1, -0.05) is 23.5 Å². The maximum atomic E-state index is 11.2. The van der Waals surface area contributed by atoms with Crippen LogP contribution in [0.15, 0.2) is 12.2 Å². The molecule has 70 valence electrons. The van der Waals surface area contributed by atoms with Gasteiger partial charge in [-0.15, -0.1) is 10.2 Å². The summed E-state index contributed by atoms with van der Waals surface area (Å²) in [5.74, 6) is -0.0938. The molecule has 1 heterocycles. The van der Waals surface area contributed by atoms with E-state index in [-0.39, 0.29) is 5.91 Å². The molecule has 1 rings (SSSR count). The summed E-state index contributed by atoms with van der Waals surface area (Å²) in [6.07, 6.45) is 0.332. The molecule has 0 aliphatic rings. The molecule has 0 bridgehead atoms. The zero-order chi connectivity index (χ0) is 9.84. The van der Waals surface area contributed by atoms with Gasteiger partial charge in [-0.25, -0.2) is 0 Å². The van der Waals surface area contributed by atoms with E-state index in [0.717, 1.165) is 10.6 Å². The van der Waals surface area contributed by atoms with Crippen molar-refractivity contribution in [1.82, 2.24) is 10.2 Å². The van der Waals surface area contributed by atoms with Crippen LogP contribution in [-0.2, 0) is 4.79 Å². The highest BCUT2D eigenvalue weighted by molar-refractivity contribution is 7.15. The first-order chi connectivity index (χ1) is 6.08. The fraction of sp³-hybridized carbons (Fsp3) is 0.375. The lowest BCUT2D eigenvalue weighted by molar-refractivity contribution is -0.115. The number of aryl methyl sites for hydroxylation is 1. The van der Waals surface area contributed by atoms with E-state index in [0.29, 0.717) is 11.6 Å². The van der Waals surface area contributed by atoms with Gasteiger partial charge in [0.1, 0.15) is 5.01 Å². The molecule has 0 saturated heterocycles. The lowest BCUT2D eigenvalue weighted by Crippen LogP contribution is -2.10. The Morgan fingerprint density at radius 1 is 1.62 bits per heavy atom. The van der Waals surface area contributed by atoms with Gasteiger partial charge in [0.25, 0.3) is 0 Å². The number of carbonyl (C=O) groups is 1. The standard InChI is InChI=1S/C8H11N3OS/c1-5(2)4-7(12)9-8-11-10-6(3)13-8/h1,4H2,2-3H3,(H,9,11,12). The highest BCUT2D eigenvalue weighted by Crippen LogP contribution is 2.14. The van der Waals surface area contributed by atoms with Crippen molar-refractivity contribution in [1.29, 1.82) is 0 Å². The van der Waals surface area contributed by atoms with Gasteiger partial charge in [0.2, 0.25) is 11.0 Å². The van der Waals surface area contributed by atoms with E-state index < -0.39 is 0 Å². The van der Waals surface area contributed by atoms with Crippen LogP contribution in [0.25, 0.3) is 0 Å². The third kappa shape index (κ3) is 3.33. The lowest BCUT2D eigenvalue weighted by Gasteiger charge is -1.98. The van der Waals surface area contributed by atoms with Crippen molar-refractivity contribution in [3.05, 3.63) is 17.2 Å². The third-order valence-electron chi connectivity index (χ3n) is 1.23. The molecule has 0 fully saturated rings. The molecule has 1 aromatic heterocycles. The predicted molar refractivity (Wildman–Crippen MR) is 52.7 cm³/mol. The van der Waals surface area contributed by atoms with Crippen molar-refractivity contribution in [2.24, 2.45) is 0 Å². The van der Waals surface area contributed by atoms with E-state index in [9.17, 15) is 4.79 Å². The van der Waals surface area contributed by atoms with E-state index in [2.05, 4.69) is 22.1 Å². The van der Waals surface area contributed by atoms with Crippen LogP contribution in [0.3, 0.4) is 0 Å². The molecule has 5 heteroatoms. The van der Waals surface area contributed by atoms with Gasteiger partial charge in [-0.2, -0.15) is 0 Å². The lowest BCUT2D eigenvalue weighted by atomic mass is 10.2. The van der Waals surface area contributed by atoms with Crippen LogP contribution in [0.2, 0.25) is 0 Å².